The fourth-order valence-corrected chi connectivity index (χ4v) is 3.62. The molecule has 22 heavy (non-hydrogen) atoms. The van der Waals surface area contributed by atoms with Crippen molar-refractivity contribution in [1.82, 2.24) is 10.0 Å². The van der Waals surface area contributed by atoms with Crippen LogP contribution in [-0.4, -0.2) is 34.0 Å². The molecule has 8 heteroatoms. The predicted octanol–water partition coefficient (Wildman–Crippen LogP) is 0.875. The molecule has 1 amide bonds. The van der Waals surface area contributed by atoms with Crippen LogP contribution in [0.4, 0.5) is 0 Å². The molecule has 0 aromatic heterocycles. The first kappa shape index (κ1) is 18.9. The summed E-state index contributed by atoms with van der Waals surface area (Å²) < 4.78 is 27.2. The molecular weight excluding hydrogens is 326 g/mol. The third-order valence-corrected chi connectivity index (χ3v) is 5.24. The molecule has 1 saturated heterocycles. The third kappa shape index (κ3) is 4.67. The highest BCUT2D eigenvalue weighted by Crippen LogP contribution is 2.25. The first-order chi connectivity index (χ1) is 9.82. The number of carbonyl (C=O) groups excluding carboxylic acids is 1. The van der Waals surface area contributed by atoms with Crippen molar-refractivity contribution in [3.05, 3.63) is 29.8 Å². The number of hydrogen-bond acceptors (Lipinski definition) is 4. The molecule has 1 atom stereocenters. The minimum Gasteiger partial charge on any atom is -0.366 e. The van der Waals surface area contributed by atoms with Crippen LogP contribution in [0.5, 0.6) is 0 Å². The van der Waals surface area contributed by atoms with Crippen molar-refractivity contribution in [2.45, 2.75) is 24.7 Å². The van der Waals surface area contributed by atoms with Crippen molar-refractivity contribution in [2.24, 2.45) is 11.1 Å². The lowest BCUT2D eigenvalue weighted by Crippen LogP contribution is -2.45. The number of sulfonamides is 1. The first-order valence-electron chi connectivity index (χ1n) is 6.93. The molecule has 1 heterocycles. The number of hydrogen-bond donors (Lipinski definition) is 3. The van der Waals surface area contributed by atoms with Gasteiger partial charge in [-0.1, -0.05) is 6.92 Å². The molecule has 1 aliphatic rings. The summed E-state index contributed by atoms with van der Waals surface area (Å²) >= 11 is 0. The number of primary amides is 1. The molecule has 1 fully saturated rings. The van der Waals surface area contributed by atoms with E-state index in [9.17, 15) is 13.2 Å². The Balaban J connectivity index is 0.00000242. The van der Waals surface area contributed by atoms with Crippen LogP contribution in [0, 0.1) is 5.41 Å². The van der Waals surface area contributed by atoms with Crippen molar-refractivity contribution in [3.8, 4) is 0 Å². The highest BCUT2D eigenvalue weighted by molar-refractivity contribution is 7.89. The summed E-state index contributed by atoms with van der Waals surface area (Å²) in [7, 11) is -3.57. The number of rotatable bonds is 5. The van der Waals surface area contributed by atoms with E-state index < -0.39 is 15.9 Å². The quantitative estimate of drug-likeness (QED) is 0.735. The Morgan fingerprint density at radius 1 is 1.36 bits per heavy atom. The number of nitrogens with two attached hydrogens (primary N) is 1. The Bertz CT molecular complexity index is 611. The first-order valence-corrected chi connectivity index (χ1v) is 8.41. The number of carbonyl (C=O) groups is 1. The zero-order valence-electron chi connectivity index (χ0n) is 12.5. The molecule has 124 valence electrons. The van der Waals surface area contributed by atoms with Gasteiger partial charge < -0.3 is 11.1 Å². The van der Waals surface area contributed by atoms with Crippen LogP contribution in [0.1, 0.15) is 30.1 Å². The van der Waals surface area contributed by atoms with E-state index in [0.717, 1.165) is 25.9 Å². The lowest BCUT2D eigenvalue weighted by molar-refractivity contribution is 0.1000. The molecule has 4 N–H and O–H groups in total. The second kappa shape index (κ2) is 7.41. The van der Waals surface area contributed by atoms with Gasteiger partial charge in [0.25, 0.3) is 0 Å². The highest BCUT2D eigenvalue weighted by atomic mass is 35.5. The molecule has 0 radical (unpaired) electrons. The van der Waals surface area contributed by atoms with Gasteiger partial charge in [-0.05, 0) is 49.1 Å². The second-order valence-electron chi connectivity index (χ2n) is 5.80. The Labute approximate surface area is 137 Å². The van der Waals surface area contributed by atoms with Crippen LogP contribution < -0.4 is 15.8 Å². The molecule has 2 rings (SSSR count). The molecule has 0 aliphatic carbocycles. The standard InChI is InChI=1S/C14H21N3O3S.ClH/c1-14(7-2-8-16-9-14)10-17-21(19,20)12-5-3-11(4-6-12)13(15)18;/h3-6,16-17H,2,7-10H2,1H3,(H2,15,18);1H. The van der Waals surface area contributed by atoms with Gasteiger partial charge in [-0.15, -0.1) is 12.4 Å². The summed E-state index contributed by atoms with van der Waals surface area (Å²) in [6.07, 6.45) is 2.04. The highest BCUT2D eigenvalue weighted by Gasteiger charge is 2.28. The molecule has 1 aliphatic heterocycles. The molecule has 0 spiro atoms. The van der Waals surface area contributed by atoms with Gasteiger partial charge in [0.05, 0.1) is 4.90 Å². The Morgan fingerprint density at radius 3 is 2.50 bits per heavy atom. The summed E-state index contributed by atoms with van der Waals surface area (Å²) in [5.74, 6) is -0.576. The van der Waals surface area contributed by atoms with Gasteiger partial charge in [0.1, 0.15) is 0 Å². The van der Waals surface area contributed by atoms with Crippen LogP contribution >= 0.6 is 12.4 Å². The van der Waals surface area contributed by atoms with E-state index in [1.165, 1.54) is 24.3 Å². The molecule has 1 aromatic rings. The topological polar surface area (TPSA) is 101 Å². The summed E-state index contributed by atoms with van der Waals surface area (Å²) in [6, 6.07) is 5.62. The lowest BCUT2D eigenvalue weighted by atomic mass is 9.83. The maximum Gasteiger partial charge on any atom is 0.248 e. The van der Waals surface area contributed by atoms with E-state index in [1.807, 2.05) is 0 Å². The van der Waals surface area contributed by atoms with Gasteiger partial charge in [0, 0.05) is 18.7 Å². The van der Waals surface area contributed by atoms with Gasteiger partial charge in [-0.25, -0.2) is 13.1 Å². The molecule has 0 bridgehead atoms. The fourth-order valence-electron chi connectivity index (χ4n) is 2.42. The molecule has 1 aromatic carbocycles. The maximum atomic E-state index is 12.3. The SMILES string of the molecule is CC1(CNS(=O)(=O)c2ccc(C(N)=O)cc2)CCCNC1.Cl. The average molecular weight is 348 g/mol. The second-order valence-corrected chi connectivity index (χ2v) is 7.57. The van der Waals surface area contributed by atoms with Crippen LogP contribution in [0.3, 0.4) is 0 Å². The zero-order chi connectivity index (χ0) is 15.5. The summed E-state index contributed by atoms with van der Waals surface area (Å²) in [5, 5.41) is 3.29. The Kier molecular flexibility index (Phi) is 6.37. The number of piperidine rings is 1. The monoisotopic (exact) mass is 347 g/mol. The zero-order valence-corrected chi connectivity index (χ0v) is 14.1. The summed E-state index contributed by atoms with van der Waals surface area (Å²) in [5.41, 5.74) is 5.35. The van der Waals surface area contributed by atoms with E-state index in [4.69, 9.17) is 5.73 Å². The van der Waals surface area contributed by atoms with Gasteiger partial charge in [0.2, 0.25) is 15.9 Å². The van der Waals surface area contributed by atoms with E-state index in [1.54, 1.807) is 0 Å². The van der Waals surface area contributed by atoms with E-state index >= 15 is 0 Å². The average Bonchev–Trinajstić information content (AvgIpc) is 2.46. The fraction of sp³-hybridized carbons (Fsp3) is 0.500. The number of nitrogens with one attached hydrogen (secondary N) is 2. The maximum absolute atomic E-state index is 12.3. The number of halogens is 1. The van der Waals surface area contributed by atoms with Crippen molar-refractivity contribution in [3.63, 3.8) is 0 Å². The Hall–Kier alpha value is -1.15. The minimum atomic E-state index is -3.57. The van der Waals surface area contributed by atoms with Crippen LogP contribution in [0.25, 0.3) is 0 Å². The number of amides is 1. The van der Waals surface area contributed by atoms with Gasteiger partial charge >= 0.3 is 0 Å². The van der Waals surface area contributed by atoms with E-state index in [-0.39, 0.29) is 28.3 Å². The van der Waals surface area contributed by atoms with Gasteiger partial charge in [-0.3, -0.25) is 4.79 Å². The van der Waals surface area contributed by atoms with Crippen LogP contribution in [0.15, 0.2) is 29.2 Å². The molecule has 6 nitrogen and oxygen atoms in total. The van der Waals surface area contributed by atoms with Gasteiger partial charge in [0.15, 0.2) is 0 Å². The Morgan fingerprint density at radius 2 is 2.00 bits per heavy atom. The van der Waals surface area contributed by atoms with Crippen molar-refractivity contribution in [1.29, 1.82) is 0 Å². The number of benzene rings is 1. The summed E-state index contributed by atoms with van der Waals surface area (Å²) in [6.45, 7) is 4.24. The predicted molar refractivity (Wildman–Crippen MR) is 87.6 cm³/mol. The smallest absolute Gasteiger partial charge is 0.248 e. The molecule has 1 unspecified atom stereocenters. The summed E-state index contributed by atoms with van der Waals surface area (Å²) in [4.78, 5) is 11.1. The normalized spacial score (nSPS) is 21.9. The van der Waals surface area contributed by atoms with E-state index in [0.29, 0.717) is 6.54 Å². The van der Waals surface area contributed by atoms with Crippen molar-refractivity contribution < 1.29 is 13.2 Å². The molecular formula is C14H22ClN3O3S. The molecule has 0 saturated carbocycles. The van der Waals surface area contributed by atoms with E-state index in [2.05, 4.69) is 17.0 Å². The lowest BCUT2D eigenvalue weighted by Gasteiger charge is -2.34. The minimum absolute atomic E-state index is 0. The van der Waals surface area contributed by atoms with Gasteiger partial charge in [-0.2, -0.15) is 0 Å². The van der Waals surface area contributed by atoms with Crippen molar-refractivity contribution in [2.75, 3.05) is 19.6 Å². The van der Waals surface area contributed by atoms with Crippen molar-refractivity contribution >= 4 is 28.3 Å². The van der Waals surface area contributed by atoms with Crippen LogP contribution in [0.2, 0.25) is 0 Å². The third-order valence-electron chi connectivity index (χ3n) is 3.82. The van der Waals surface area contributed by atoms with Crippen LogP contribution in [-0.2, 0) is 10.0 Å². The largest absolute Gasteiger partial charge is 0.366 e.